The van der Waals surface area contributed by atoms with Gasteiger partial charge in [0.1, 0.15) is 18.1 Å². The van der Waals surface area contributed by atoms with Crippen LogP contribution in [0.3, 0.4) is 0 Å². The van der Waals surface area contributed by atoms with Crippen molar-refractivity contribution < 1.29 is 17.9 Å². The van der Waals surface area contributed by atoms with Crippen LogP contribution in [0, 0.1) is 5.92 Å². The molecule has 3 unspecified atom stereocenters. The Bertz CT molecular complexity index is 1620. The summed E-state index contributed by atoms with van der Waals surface area (Å²) in [5.74, 6) is 1.90. The van der Waals surface area contributed by atoms with Crippen LogP contribution in [0.4, 0.5) is 11.4 Å². The summed E-state index contributed by atoms with van der Waals surface area (Å²) in [6.45, 7) is 2.96. The van der Waals surface area contributed by atoms with Crippen molar-refractivity contribution in [2.75, 3.05) is 16.6 Å². The molecule has 7 heteroatoms. The third kappa shape index (κ3) is 5.29. The second-order valence-electron chi connectivity index (χ2n) is 10.1. The normalized spacial score (nSPS) is 19.3. The summed E-state index contributed by atoms with van der Waals surface area (Å²) in [7, 11) is -3.77. The number of rotatable bonds is 9. The van der Waals surface area contributed by atoms with Gasteiger partial charge in [-0.15, -0.1) is 0 Å². The van der Waals surface area contributed by atoms with E-state index in [1.165, 1.54) is 0 Å². The average molecular weight is 553 g/mol. The Labute approximate surface area is 235 Å². The standard InChI is InChI=1S/C33H32N2O4S/c1-2-38-25-17-15-24(16-18-25)35-40(36,37)26-19-20-31-30(21-26)27-12-8-13-28(27)33(34-31)29-11-6-7-14-32(29)39-22-23-9-4-3-5-10-23/h3-12,14-21,27-28,33-35H,2,13,22H2,1H3. The minimum Gasteiger partial charge on any atom is -0.494 e. The molecule has 0 saturated heterocycles. The van der Waals surface area contributed by atoms with Crippen LogP contribution in [-0.4, -0.2) is 15.0 Å². The first-order chi connectivity index (χ1) is 19.5. The number of benzene rings is 4. The number of nitrogens with one attached hydrogen (secondary N) is 2. The number of anilines is 2. The maximum atomic E-state index is 13.3. The molecule has 0 spiro atoms. The minimum absolute atomic E-state index is 0.0314. The number of para-hydroxylation sites is 1. The van der Waals surface area contributed by atoms with E-state index >= 15 is 0 Å². The maximum Gasteiger partial charge on any atom is 0.261 e. The summed E-state index contributed by atoms with van der Waals surface area (Å²) >= 11 is 0. The van der Waals surface area contributed by atoms with Crippen LogP contribution < -0.4 is 19.5 Å². The lowest BCUT2D eigenvalue weighted by atomic mass is 9.77. The Kier molecular flexibility index (Phi) is 7.22. The fourth-order valence-electron chi connectivity index (χ4n) is 5.65. The largest absolute Gasteiger partial charge is 0.494 e. The zero-order valence-corrected chi connectivity index (χ0v) is 23.1. The third-order valence-corrected chi connectivity index (χ3v) is 8.93. The van der Waals surface area contributed by atoms with Gasteiger partial charge in [0, 0.05) is 22.9 Å². The minimum atomic E-state index is -3.77. The summed E-state index contributed by atoms with van der Waals surface area (Å²) < 4.78 is 41.1. The van der Waals surface area contributed by atoms with E-state index in [9.17, 15) is 8.42 Å². The van der Waals surface area contributed by atoms with E-state index in [1.54, 1.807) is 36.4 Å². The Morgan fingerprint density at radius 3 is 2.45 bits per heavy atom. The molecule has 204 valence electrons. The Morgan fingerprint density at radius 1 is 0.875 bits per heavy atom. The zero-order valence-electron chi connectivity index (χ0n) is 22.3. The molecule has 0 bridgehead atoms. The van der Waals surface area contributed by atoms with Gasteiger partial charge in [0.2, 0.25) is 0 Å². The van der Waals surface area contributed by atoms with E-state index in [-0.39, 0.29) is 22.8 Å². The maximum absolute atomic E-state index is 13.3. The van der Waals surface area contributed by atoms with Crippen LogP contribution in [0.5, 0.6) is 11.5 Å². The molecule has 0 aromatic heterocycles. The molecule has 0 radical (unpaired) electrons. The molecular weight excluding hydrogens is 520 g/mol. The highest BCUT2D eigenvalue weighted by molar-refractivity contribution is 7.92. The molecule has 1 heterocycles. The van der Waals surface area contributed by atoms with Gasteiger partial charge in [-0.25, -0.2) is 8.42 Å². The molecule has 0 amide bonds. The molecule has 6 rings (SSSR count). The fourth-order valence-corrected chi connectivity index (χ4v) is 6.75. The average Bonchev–Trinajstić information content (AvgIpc) is 3.48. The highest BCUT2D eigenvalue weighted by atomic mass is 32.2. The second-order valence-corrected chi connectivity index (χ2v) is 11.8. The van der Waals surface area contributed by atoms with Gasteiger partial charge in [-0.1, -0.05) is 60.7 Å². The van der Waals surface area contributed by atoms with Gasteiger partial charge in [0.15, 0.2) is 0 Å². The zero-order chi connectivity index (χ0) is 27.5. The fraction of sp³-hybridized carbons (Fsp3) is 0.212. The van der Waals surface area contributed by atoms with Gasteiger partial charge in [0.25, 0.3) is 10.0 Å². The van der Waals surface area contributed by atoms with Gasteiger partial charge in [-0.3, -0.25) is 4.72 Å². The molecule has 4 aromatic carbocycles. The third-order valence-electron chi connectivity index (χ3n) is 7.55. The number of ether oxygens (including phenoxy) is 2. The predicted molar refractivity (Wildman–Crippen MR) is 158 cm³/mol. The Hall–Kier alpha value is -4.23. The smallest absolute Gasteiger partial charge is 0.261 e. The van der Waals surface area contributed by atoms with Gasteiger partial charge in [-0.2, -0.15) is 0 Å². The summed E-state index contributed by atoms with van der Waals surface area (Å²) in [5, 5.41) is 3.72. The highest BCUT2D eigenvalue weighted by Crippen LogP contribution is 2.51. The molecule has 4 aromatic rings. The lowest BCUT2D eigenvalue weighted by molar-refractivity contribution is 0.296. The molecule has 3 atom stereocenters. The van der Waals surface area contributed by atoms with Crippen molar-refractivity contribution in [1.29, 1.82) is 0 Å². The Morgan fingerprint density at radius 2 is 1.65 bits per heavy atom. The van der Waals surface area contributed by atoms with Crippen molar-refractivity contribution >= 4 is 21.4 Å². The number of hydrogen-bond acceptors (Lipinski definition) is 5. The van der Waals surface area contributed by atoms with Gasteiger partial charge < -0.3 is 14.8 Å². The van der Waals surface area contributed by atoms with Crippen LogP contribution >= 0.6 is 0 Å². The first kappa shape index (κ1) is 26.0. The molecule has 40 heavy (non-hydrogen) atoms. The van der Waals surface area contributed by atoms with E-state index in [4.69, 9.17) is 9.47 Å². The Balaban J connectivity index is 1.26. The van der Waals surface area contributed by atoms with Crippen molar-refractivity contribution in [3.63, 3.8) is 0 Å². The molecule has 6 nitrogen and oxygen atoms in total. The number of allylic oxidation sites excluding steroid dienone is 2. The predicted octanol–water partition coefficient (Wildman–Crippen LogP) is 7.29. The lowest BCUT2D eigenvalue weighted by Crippen LogP contribution is -2.29. The number of sulfonamides is 1. The summed E-state index contributed by atoms with van der Waals surface area (Å²) in [6.07, 6.45) is 5.31. The first-order valence-electron chi connectivity index (χ1n) is 13.6. The van der Waals surface area contributed by atoms with Crippen LogP contribution in [-0.2, 0) is 16.6 Å². The first-order valence-corrected chi connectivity index (χ1v) is 15.1. The molecule has 2 N–H and O–H groups in total. The number of fused-ring (bicyclic) bond motifs is 3. The van der Waals surface area contributed by atoms with Crippen LogP contribution in [0.15, 0.2) is 114 Å². The summed E-state index contributed by atoms with van der Waals surface area (Å²) in [5.41, 5.74) is 4.65. The topological polar surface area (TPSA) is 76.7 Å². The van der Waals surface area contributed by atoms with E-state index in [2.05, 4.69) is 40.4 Å². The van der Waals surface area contributed by atoms with Crippen molar-refractivity contribution in [2.45, 2.75) is 36.8 Å². The van der Waals surface area contributed by atoms with Crippen molar-refractivity contribution in [3.05, 3.63) is 126 Å². The SMILES string of the molecule is CCOc1ccc(NS(=O)(=O)c2ccc3c(c2)C2C=CCC2C(c2ccccc2OCc2ccccc2)N3)cc1. The molecule has 0 saturated carbocycles. The molecule has 2 aliphatic rings. The molecule has 1 aliphatic carbocycles. The number of hydrogen-bond donors (Lipinski definition) is 2. The van der Waals surface area contributed by atoms with Crippen LogP contribution in [0.25, 0.3) is 0 Å². The van der Waals surface area contributed by atoms with E-state index in [0.29, 0.717) is 24.7 Å². The summed E-state index contributed by atoms with van der Waals surface area (Å²) in [4.78, 5) is 0.242. The van der Waals surface area contributed by atoms with Crippen molar-refractivity contribution in [3.8, 4) is 11.5 Å². The quantitative estimate of drug-likeness (QED) is 0.213. The summed E-state index contributed by atoms with van der Waals surface area (Å²) in [6, 6.07) is 30.7. The highest BCUT2D eigenvalue weighted by Gasteiger charge is 2.39. The van der Waals surface area contributed by atoms with Gasteiger partial charge in [-0.05, 0) is 78.9 Å². The van der Waals surface area contributed by atoms with E-state index in [1.807, 2.05) is 49.4 Å². The van der Waals surface area contributed by atoms with Crippen LogP contribution in [0.1, 0.15) is 42.0 Å². The van der Waals surface area contributed by atoms with Crippen molar-refractivity contribution in [1.82, 2.24) is 0 Å². The van der Waals surface area contributed by atoms with E-state index < -0.39 is 10.0 Å². The molecule has 1 aliphatic heterocycles. The van der Waals surface area contributed by atoms with Crippen molar-refractivity contribution in [2.24, 2.45) is 5.92 Å². The monoisotopic (exact) mass is 552 g/mol. The second kappa shape index (κ2) is 11.1. The van der Waals surface area contributed by atoms with Gasteiger partial charge in [0.05, 0.1) is 17.5 Å². The lowest BCUT2D eigenvalue weighted by Gasteiger charge is -2.38. The molecule has 0 fully saturated rings. The van der Waals surface area contributed by atoms with Gasteiger partial charge >= 0.3 is 0 Å². The van der Waals surface area contributed by atoms with E-state index in [0.717, 1.165) is 34.5 Å². The molecular formula is C33H32N2O4S. The van der Waals surface area contributed by atoms with Crippen LogP contribution in [0.2, 0.25) is 0 Å².